The first-order valence-electron chi connectivity index (χ1n) is 35.8. The first-order chi connectivity index (χ1) is 47.8. The molecule has 1 spiro atoms. The predicted molar refractivity (Wildman–Crippen MR) is 369 cm³/mol. The molecule has 4 aliphatic carbocycles. The van der Waals surface area contributed by atoms with Crippen LogP contribution in [0.25, 0.3) is 0 Å². The van der Waals surface area contributed by atoms with Gasteiger partial charge in [-0.05, 0) is 172 Å². The second-order valence-corrected chi connectivity index (χ2v) is 29.8. The van der Waals surface area contributed by atoms with Crippen molar-refractivity contribution in [2.75, 3.05) is 122 Å². The lowest BCUT2D eigenvalue weighted by Gasteiger charge is -2.61. The van der Waals surface area contributed by atoms with Crippen molar-refractivity contribution in [1.82, 2.24) is 35.1 Å². The molecule has 540 valence electrons. The Balaban J connectivity index is 0.654. The number of nitrogens with zero attached hydrogens (tertiary/aromatic N) is 6. The van der Waals surface area contributed by atoms with Gasteiger partial charge < -0.3 is 63.6 Å². The zero-order valence-corrected chi connectivity index (χ0v) is 59.3. The van der Waals surface area contributed by atoms with Crippen molar-refractivity contribution in [2.24, 2.45) is 17.3 Å². The van der Waals surface area contributed by atoms with Gasteiger partial charge in [0.05, 0.1) is 57.3 Å². The zero-order chi connectivity index (χ0) is 71.3. The number of piperazine rings is 2. The molecule has 6 fully saturated rings. The van der Waals surface area contributed by atoms with Gasteiger partial charge in [0.2, 0.25) is 29.5 Å². The number of anilines is 2. The van der Waals surface area contributed by atoms with Gasteiger partial charge >= 0.3 is 12.2 Å². The van der Waals surface area contributed by atoms with E-state index in [9.17, 15) is 43.2 Å². The summed E-state index contributed by atoms with van der Waals surface area (Å²) in [5.74, 6) is 4.55. The molecule has 9 amide bonds. The highest BCUT2D eigenvalue weighted by Gasteiger charge is 2.71. The molecule has 2 saturated carbocycles. The molecular weight excluding hydrogens is 1280 g/mol. The third kappa shape index (κ3) is 15.8. The van der Waals surface area contributed by atoms with E-state index in [1.54, 1.807) is 59.7 Å². The molecule has 0 radical (unpaired) electrons. The molecule has 0 aromatic heterocycles. The molecule has 0 bridgehead atoms. The number of benzene rings is 2. The van der Waals surface area contributed by atoms with Crippen molar-refractivity contribution in [1.29, 1.82) is 0 Å². The molecule has 3 unspecified atom stereocenters. The number of amides is 9. The Labute approximate surface area is 586 Å². The van der Waals surface area contributed by atoms with Crippen LogP contribution in [-0.4, -0.2) is 231 Å². The Kier molecular flexibility index (Phi) is 22.6. The average molecular weight is 1380 g/mol. The van der Waals surface area contributed by atoms with Crippen molar-refractivity contribution < 1.29 is 76.4 Å². The maximum atomic E-state index is 15.2. The van der Waals surface area contributed by atoms with E-state index < -0.39 is 82.6 Å². The molecule has 2 aromatic rings. The van der Waals surface area contributed by atoms with Gasteiger partial charge in [-0.3, -0.25) is 48.6 Å². The number of ether oxygens (including phenoxy) is 6. The lowest BCUT2D eigenvalue weighted by molar-refractivity contribution is -0.245. The molecule has 3 N–H and O–H groups in total. The van der Waals surface area contributed by atoms with E-state index in [0.717, 1.165) is 55.7 Å². The van der Waals surface area contributed by atoms with Crippen LogP contribution < -0.4 is 20.9 Å². The lowest BCUT2D eigenvalue weighted by atomic mass is 9.49. The summed E-state index contributed by atoms with van der Waals surface area (Å²) in [7, 11) is 2.01. The van der Waals surface area contributed by atoms with Gasteiger partial charge in [0.1, 0.15) is 34.9 Å². The summed E-state index contributed by atoms with van der Waals surface area (Å²) in [6, 6.07) is 10.3. The number of piperidine rings is 1. The summed E-state index contributed by atoms with van der Waals surface area (Å²) < 4.78 is 35.2. The highest BCUT2D eigenvalue weighted by atomic mass is 16.6. The average Bonchev–Trinajstić information content (AvgIpc) is 1.45. The van der Waals surface area contributed by atoms with E-state index in [0.29, 0.717) is 76.1 Å². The van der Waals surface area contributed by atoms with E-state index in [4.69, 9.17) is 28.4 Å². The first kappa shape index (κ1) is 73.1. The summed E-state index contributed by atoms with van der Waals surface area (Å²) in [6.07, 6.45) is 8.66. The van der Waals surface area contributed by atoms with Crippen LogP contribution in [0.1, 0.15) is 164 Å². The molecular formula is C75H99N9O16. The molecule has 11 rings (SSSR count). The molecule has 25 nitrogen and oxygen atoms in total. The van der Waals surface area contributed by atoms with Crippen molar-refractivity contribution in [3.05, 3.63) is 82.0 Å². The van der Waals surface area contributed by atoms with E-state index in [1.807, 2.05) is 20.0 Å². The number of carbonyl (C=O) groups excluding carboxylic acids is 10. The maximum absolute atomic E-state index is 15.2. The quantitative estimate of drug-likeness (QED) is 0.0545. The van der Waals surface area contributed by atoms with Gasteiger partial charge in [-0.2, -0.15) is 0 Å². The number of allylic oxidation sites excluding steroid dienone is 4. The molecule has 25 heteroatoms. The second kappa shape index (κ2) is 31.0. The highest BCUT2D eigenvalue weighted by molar-refractivity contribution is 6.25. The number of carbonyl (C=O) groups is 10. The van der Waals surface area contributed by atoms with Gasteiger partial charge in [-0.15, -0.1) is 5.92 Å². The van der Waals surface area contributed by atoms with Crippen LogP contribution in [0.15, 0.2) is 65.3 Å². The Morgan fingerprint density at radius 3 is 2.04 bits per heavy atom. The minimum absolute atomic E-state index is 0.00866. The van der Waals surface area contributed by atoms with E-state index in [-0.39, 0.29) is 119 Å². The van der Waals surface area contributed by atoms with Gasteiger partial charge in [-0.1, -0.05) is 29.7 Å². The van der Waals surface area contributed by atoms with Crippen LogP contribution >= 0.6 is 0 Å². The van der Waals surface area contributed by atoms with Crippen molar-refractivity contribution in [2.45, 2.75) is 173 Å². The van der Waals surface area contributed by atoms with Crippen LogP contribution in [0, 0.1) is 29.1 Å². The Hall–Kier alpha value is -8.18. The monoisotopic (exact) mass is 1380 g/mol. The van der Waals surface area contributed by atoms with E-state index >= 15 is 4.79 Å². The van der Waals surface area contributed by atoms with Crippen molar-refractivity contribution in [3.63, 3.8) is 0 Å². The van der Waals surface area contributed by atoms with Gasteiger partial charge in [0.25, 0.3) is 11.8 Å². The SMILES string of the molecule is CC#C[C@]12CC[C@H]3[C@@H]4CCC5=CC(=O)CCC5=C4[C@@H](c4ccc(N(C)CCCC(=O)N5CCN(C(=O)OC(C)(C)C)CC5C(=O)N5CCN(C(=O)OC(C)(C)C)CC5C(=O)NCCCOCCOCCOCCCNc5cccc6c5C(=O)N(C5CCC(=O)NC5=O)C6=O)cc4)C[C@@]31CO2. The number of fused-ring (bicyclic) bond motifs is 4. The lowest BCUT2D eigenvalue weighted by Crippen LogP contribution is -2.68. The van der Waals surface area contributed by atoms with Crippen LogP contribution in [-0.2, 0) is 57.2 Å². The van der Waals surface area contributed by atoms with E-state index in [1.165, 1.54) is 41.9 Å². The molecule has 8 atom stereocenters. The molecule has 5 heterocycles. The minimum atomic E-state index is -1.17. The van der Waals surface area contributed by atoms with Crippen molar-refractivity contribution in [3.8, 4) is 11.8 Å². The molecule has 100 heavy (non-hydrogen) atoms. The number of nitrogens with one attached hydrogen (secondary N) is 3. The summed E-state index contributed by atoms with van der Waals surface area (Å²) in [5.41, 5.74) is 5.18. The third-order valence-electron chi connectivity index (χ3n) is 21.1. The number of ketones is 1. The summed E-state index contributed by atoms with van der Waals surface area (Å²) in [4.78, 5) is 144. The van der Waals surface area contributed by atoms with Crippen molar-refractivity contribution >= 4 is 70.7 Å². The van der Waals surface area contributed by atoms with Crippen LogP contribution in [0.4, 0.5) is 21.0 Å². The van der Waals surface area contributed by atoms with Crippen LogP contribution in [0.2, 0.25) is 0 Å². The summed E-state index contributed by atoms with van der Waals surface area (Å²) in [6.45, 7) is 16.0. The van der Waals surface area contributed by atoms with Gasteiger partial charge in [0.15, 0.2) is 5.78 Å². The Bertz CT molecular complexity index is 3620. The number of rotatable bonds is 24. The van der Waals surface area contributed by atoms with Crippen LogP contribution in [0.3, 0.4) is 0 Å². The number of imide groups is 2. The first-order valence-corrected chi connectivity index (χ1v) is 35.8. The van der Waals surface area contributed by atoms with Gasteiger partial charge in [0, 0.05) is 108 Å². The summed E-state index contributed by atoms with van der Waals surface area (Å²) in [5, 5.41) is 8.35. The molecule has 5 aliphatic heterocycles. The second-order valence-electron chi connectivity index (χ2n) is 29.8. The predicted octanol–water partition coefficient (Wildman–Crippen LogP) is 6.93. The number of hydrogen-bond acceptors (Lipinski definition) is 18. The largest absolute Gasteiger partial charge is 0.444 e. The normalized spacial score (nSPS) is 25.7. The zero-order valence-electron chi connectivity index (χ0n) is 59.3. The molecule has 4 saturated heterocycles. The van der Waals surface area contributed by atoms with Gasteiger partial charge in [-0.25, -0.2) is 9.59 Å². The third-order valence-corrected chi connectivity index (χ3v) is 21.1. The smallest absolute Gasteiger partial charge is 0.410 e. The fraction of sp³-hybridized carbons (Fsp3) is 0.627. The van der Waals surface area contributed by atoms with E-state index in [2.05, 4.69) is 57.0 Å². The molecule has 9 aliphatic rings. The topological polar surface area (TPSA) is 282 Å². The Morgan fingerprint density at radius 1 is 0.730 bits per heavy atom. The fourth-order valence-corrected chi connectivity index (χ4v) is 16.4. The van der Waals surface area contributed by atoms with Crippen LogP contribution in [0.5, 0.6) is 0 Å². The molecule has 2 aromatic carbocycles. The maximum Gasteiger partial charge on any atom is 0.410 e. The minimum Gasteiger partial charge on any atom is -0.444 e. The Morgan fingerprint density at radius 2 is 1.39 bits per heavy atom. The summed E-state index contributed by atoms with van der Waals surface area (Å²) >= 11 is 0. The highest BCUT2D eigenvalue weighted by Crippen LogP contribution is 2.71. The number of hydrogen-bond donors (Lipinski definition) is 3. The fourth-order valence-electron chi connectivity index (χ4n) is 16.4. The standard InChI is InChI=1S/C75H99N9O16/c1-9-28-75-29-27-56-53-23-19-49-43-51(85)22-24-52(49)63(53)55(44-74(56,75)47-98-75)48-17-20-50(21-18-48)79(8)32-11-16-62(87)82-35-33-81(71(94)100-73(5,6)7)46-60(82)68(91)83-36-34-80(70(93)99-72(2,3)4)45-59(83)65(88)77-31-13-38-96-40-42-97-41-39-95-37-12-30-76-57-15-10-14-54-64(57)69(92)84(67(54)90)58-25-26-61(86)78-66(58)89/h10,14-15,17-18,20-21,43,53,55-56,58-60,76H,11-13,16,19,22-27,29-42,44-47H2,1-8H3,(H,77,88)(H,78,86,89)/t53-,55+,56-,58?,59?,60?,74+,75-/m0/s1.